The van der Waals surface area contributed by atoms with Gasteiger partial charge in [-0.1, -0.05) is 0 Å². The van der Waals surface area contributed by atoms with Gasteiger partial charge in [0.2, 0.25) is 0 Å². The van der Waals surface area contributed by atoms with Crippen LogP contribution in [0.25, 0.3) is 0 Å². The summed E-state index contributed by atoms with van der Waals surface area (Å²) in [6, 6.07) is 0. The molecule has 0 unspecified atom stereocenters. The van der Waals surface area contributed by atoms with Crippen LogP contribution in [0.5, 0.6) is 0 Å². The molecule has 0 bridgehead atoms. The Morgan fingerprint density at radius 2 is 2.41 bits per heavy atom. The first kappa shape index (κ1) is 11.4. The summed E-state index contributed by atoms with van der Waals surface area (Å²) in [7, 11) is 1.81. The van der Waals surface area contributed by atoms with Crippen LogP contribution < -0.4 is 5.32 Å². The summed E-state index contributed by atoms with van der Waals surface area (Å²) in [6.07, 6.45) is 5.74. The van der Waals surface area contributed by atoms with Crippen LogP contribution >= 0.6 is 0 Å². The SMILES string of the molecule is Cc1c(C(=O)NCCc2ncc[nH]2)cnn1C. The van der Waals surface area contributed by atoms with Crippen LogP contribution in [0.4, 0.5) is 0 Å². The van der Waals surface area contributed by atoms with Gasteiger partial charge >= 0.3 is 0 Å². The first-order chi connectivity index (χ1) is 8.18. The molecule has 0 radical (unpaired) electrons. The Kier molecular flexibility index (Phi) is 3.22. The number of carbonyl (C=O) groups is 1. The standard InChI is InChI=1S/C11H15N5O/c1-8-9(7-15-16(8)2)11(17)14-4-3-10-12-5-6-13-10/h5-7H,3-4H2,1-2H3,(H,12,13)(H,14,17). The quantitative estimate of drug-likeness (QED) is 0.803. The summed E-state index contributed by atoms with van der Waals surface area (Å²) in [4.78, 5) is 18.9. The first-order valence-corrected chi connectivity index (χ1v) is 5.43. The summed E-state index contributed by atoms with van der Waals surface area (Å²) >= 11 is 0. The lowest BCUT2D eigenvalue weighted by Gasteiger charge is -2.03. The minimum Gasteiger partial charge on any atom is -0.351 e. The van der Waals surface area contributed by atoms with Gasteiger partial charge in [-0.15, -0.1) is 0 Å². The summed E-state index contributed by atoms with van der Waals surface area (Å²) in [5, 5.41) is 6.87. The number of aryl methyl sites for hydroxylation is 1. The second-order valence-corrected chi connectivity index (χ2v) is 3.81. The minimum atomic E-state index is -0.0952. The predicted octanol–water partition coefficient (Wildman–Crippen LogP) is 0.424. The highest BCUT2D eigenvalue weighted by atomic mass is 16.1. The molecular weight excluding hydrogens is 218 g/mol. The van der Waals surface area contributed by atoms with Crippen LogP contribution in [-0.2, 0) is 13.5 Å². The molecule has 6 heteroatoms. The predicted molar refractivity (Wildman–Crippen MR) is 62.6 cm³/mol. The maximum Gasteiger partial charge on any atom is 0.254 e. The molecule has 0 saturated heterocycles. The van der Waals surface area contributed by atoms with E-state index in [0.29, 0.717) is 18.5 Å². The Morgan fingerprint density at radius 1 is 1.59 bits per heavy atom. The van der Waals surface area contributed by atoms with Crippen molar-refractivity contribution in [3.05, 3.63) is 35.7 Å². The Morgan fingerprint density at radius 3 is 3.00 bits per heavy atom. The van der Waals surface area contributed by atoms with Crippen molar-refractivity contribution >= 4 is 5.91 Å². The zero-order valence-corrected chi connectivity index (χ0v) is 9.90. The van der Waals surface area contributed by atoms with E-state index in [0.717, 1.165) is 11.5 Å². The molecule has 0 aliphatic heterocycles. The minimum absolute atomic E-state index is 0.0952. The van der Waals surface area contributed by atoms with Gasteiger partial charge in [0.1, 0.15) is 5.82 Å². The number of hydrogen-bond acceptors (Lipinski definition) is 3. The molecule has 2 aromatic rings. The molecule has 2 heterocycles. The smallest absolute Gasteiger partial charge is 0.254 e. The number of aromatic nitrogens is 4. The van der Waals surface area contributed by atoms with Crippen LogP contribution in [0.1, 0.15) is 21.9 Å². The van der Waals surface area contributed by atoms with Crippen molar-refractivity contribution in [3.8, 4) is 0 Å². The van der Waals surface area contributed by atoms with Crippen LogP contribution in [0.3, 0.4) is 0 Å². The number of nitrogens with one attached hydrogen (secondary N) is 2. The molecule has 0 aliphatic carbocycles. The molecule has 0 atom stereocenters. The zero-order chi connectivity index (χ0) is 12.3. The highest BCUT2D eigenvalue weighted by Crippen LogP contribution is 2.04. The van der Waals surface area contributed by atoms with Crippen molar-refractivity contribution in [2.45, 2.75) is 13.3 Å². The molecule has 6 nitrogen and oxygen atoms in total. The van der Waals surface area contributed by atoms with E-state index in [4.69, 9.17) is 0 Å². The molecule has 90 valence electrons. The highest BCUT2D eigenvalue weighted by Gasteiger charge is 2.11. The topological polar surface area (TPSA) is 75.6 Å². The van der Waals surface area contributed by atoms with Gasteiger partial charge < -0.3 is 10.3 Å². The molecule has 0 fully saturated rings. The number of nitrogens with zero attached hydrogens (tertiary/aromatic N) is 3. The Hall–Kier alpha value is -2.11. The molecule has 0 aromatic carbocycles. The number of H-pyrrole nitrogens is 1. The van der Waals surface area contributed by atoms with Gasteiger partial charge in [0.25, 0.3) is 5.91 Å². The van der Waals surface area contributed by atoms with E-state index < -0.39 is 0 Å². The van der Waals surface area contributed by atoms with Gasteiger partial charge in [-0.2, -0.15) is 5.10 Å². The van der Waals surface area contributed by atoms with E-state index in [1.807, 2.05) is 14.0 Å². The van der Waals surface area contributed by atoms with E-state index in [2.05, 4.69) is 20.4 Å². The lowest BCUT2D eigenvalue weighted by atomic mass is 10.2. The fraction of sp³-hybridized carbons (Fsp3) is 0.364. The zero-order valence-electron chi connectivity index (χ0n) is 9.90. The number of carbonyl (C=O) groups excluding carboxylic acids is 1. The van der Waals surface area contributed by atoms with Gasteiger partial charge in [0.15, 0.2) is 0 Å². The van der Waals surface area contributed by atoms with Crippen molar-refractivity contribution in [1.82, 2.24) is 25.1 Å². The monoisotopic (exact) mass is 233 g/mol. The second kappa shape index (κ2) is 4.82. The maximum atomic E-state index is 11.8. The highest BCUT2D eigenvalue weighted by molar-refractivity contribution is 5.94. The number of hydrogen-bond donors (Lipinski definition) is 2. The lowest BCUT2D eigenvalue weighted by molar-refractivity contribution is 0.0953. The molecule has 2 N–H and O–H groups in total. The molecule has 2 aromatic heterocycles. The van der Waals surface area contributed by atoms with Gasteiger partial charge in [-0.05, 0) is 6.92 Å². The summed E-state index contributed by atoms with van der Waals surface area (Å²) in [6.45, 7) is 2.43. The van der Waals surface area contributed by atoms with E-state index >= 15 is 0 Å². The van der Waals surface area contributed by atoms with Gasteiger partial charge in [-0.25, -0.2) is 4.98 Å². The molecule has 1 amide bonds. The fourth-order valence-corrected chi connectivity index (χ4v) is 1.55. The third-order valence-corrected chi connectivity index (χ3v) is 2.68. The lowest BCUT2D eigenvalue weighted by Crippen LogP contribution is -2.26. The summed E-state index contributed by atoms with van der Waals surface area (Å²) in [5.74, 6) is 0.773. The van der Waals surface area contributed by atoms with Gasteiger partial charge in [0.05, 0.1) is 11.8 Å². The third kappa shape index (κ3) is 2.52. The molecule has 0 spiro atoms. The van der Waals surface area contributed by atoms with Crippen molar-refractivity contribution in [3.63, 3.8) is 0 Å². The molecule has 0 saturated carbocycles. The van der Waals surface area contributed by atoms with Crippen molar-refractivity contribution < 1.29 is 4.79 Å². The number of rotatable bonds is 4. The van der Waals surface area contributed by atoms with Crippen LogP contribution in [-0.4, -0.2) is 32.2 Å². The largest absolute Gasteiger partial charge is 0.351 e. The van der Waals surface area contributed by atoms with E-state index in [-0.39, 0.29) is 5.91 Å². The van der Waals surface area contributed by atoms with Crippen LogP contribution in [0.2, 0.25) is 0 Å². The number of aromatic amines is 1. The Bertz CT molecular complexity index is 500. The van der Waals surface area contributed by atoms with E-state index in [1.54, 1.807) is 23.3 Å². The van der Waals surface area contributed by atoms with Gasteiger partial charge in [0, 0.05) is 38.1 Å². The normalized spacial score (nSPS) is 10.5. The fourth-order valence-electron chi connectivity index (χ4n) is 1.55. The molecule has 2 rings (SSSR count). The summed E-state index contributed by atoms with van der Waals surface area (Å²) in [5.41, 5.74) is 1.48. The molecular formula is C11H15N5O. The Labute approximate surface area is 99.1 Å². The molecule has 0 aliphatic rings. The number of imidazole rings is 1. The number of amides is 1. The van der Waals surface area contributed by atoms with Crippen molar-refractivity contribution in [1.29, 1.82) is 0 Å². The summed E-state index contributed by atoms with van der Waals surface area (Å²) < 4.78 is 1.68. The van der Waals surface area contributed by atoms with E-state index in [1.165, 1.54) is 0 Å². The van der Waals surface area contributed by atoms with Gasteiger partial charge in [-0.3, -0.25) is 9.48 Å². The van der Waals surface area contributed by atoms with Crippen molar-refractivity contribution in [2.24, 2.45) is 7.05 Å². The van der Waals surface area contributed by atoms with E-state index in [9.17, 15) is 4.79 Å². The van der Waals surface area contributed by atoms with Crippen LogP contribution in [0, 0.1) is 6.92 Å². The second-order valence-electron chi connectivity index (χ2n) is 3.81. The average Bonchev–Trinajstić information content (AvgIpc) is 2.91. The molecule has 17 heavy (non-hydrogen) atoms. The average molecular weight is 233 g/mol. The van der Waals surface area contributed by atoms with Crippen LogP contribution in [0.15, 0.2) is 18.6 Å². The third-order valence-electron chi connectivity index (χ3n) is 2.68. The van der Waals surface area contributed by atoms with Crippen molar-refractivity contribution in [2.75, 3.05) is 6.54 Å². The maximum absolute atomic E-state index is 11.8. The first-order valence-electron chi connectivity index (χ1n) is 5.43. The Balaban J connectivity index is 1.87.